The molecule has 1 saturated carbocycles. The highest BCUT2D eigenvalue weighted by atomic mass is 16.4. The molecule has 0 bridgehead atoms. The Balaban J connectivity index is 2.33. The van der Waals surface area contributed by atoms with Gasteiger partial charge in [-0.25, -0.2) is 0 Å². The molecule has 0 aromatic heterocycles. The van der Waals surface area contributed by atoms with E-state index in [9.17, 15) is 5.11 Å². The first-order chi connectivity index (χ1) is 8.13. The molecule has 1 fully saturated rings. The van der Waals surface area contributed by atoms with Gasteiger partial charge in [0.05, 0.1) is 0 Å². The number of hydrogen-bond acceptors (Lipinski definition) is 4. The van der Waals surface area contributed by atoms with Crippen molar-refractivity contribution < 1.29 is 10.3 Å². The van der Waals surface area contributed by atoms with E-state index >= 15 is 0 Å². The molecule has 0 heterocycles. The minimum Gasteiger partial charge on any atom is -0.409 e. The third-order valence-corrected chi connectivity index (χ3v) is 3.82. The van der Waals surface area contributed by atoms with Gasteiger partial charge in [0, 0.05) is 31.0 Å². The van der Waals surface area contributed by atoms with Crippen molar-refractivity contribution in [2.75, 3.05) is 19.7 Å². The number of rotatable bonds is 6. The standard InChI is InChI=1S/C12H25N3O2/c1-10(11(13)15-17)7-14-8-12(9-16)5-3-2-4-6-12/h10,14,16-17H,2-9H2,1H3,(H2,13,15). The van der Waals surface area contributed by atoms with Crippen LogP contribution in [-0.2, 0) is 0 Å². The first-order valence-electron chi connectivity index (χ1n) is 6.42. The summed E-state index contributed by atoms with van der Waals surface area (Å²) >= 11 is 0. The van der Waals surface area contributed by atoms with E-state index in [4.69, 9.17) is 10.9 Å². The Hall–Kier alpha value is -0.810. The zero-order chi connectivity index (χ0) is 12.7. The van der Waals surface area contributed by atoms with Gasteiger partial charge in [-0.15, -0.1) is 0 Å². The normalized spacial score (nSPS) is 22.4. The highest BCUT2D eigenvalue weighted by Gasteiger charge is 2.30. The van der Waals surface area contributed by atoms with Crippen molar-refractivity contribution in [3.8, 4) is 0 Å². The third-order valence-electron chi connectivity index (χ3n) is 3.82. The van der Waals surface area contributed by atoms with Crippen LogP contribution >= 0.6 is 0 Å². The van der Waals surface area contributed by atoms with E-state index in [1.165, 1.54) is 19.3 Å². The van der Waals surface area contributed by atoms with Gasteiger partial charge < -0.3 is 21.4 Å². The van der Waals surface area contributed by atoms with Gasteiger partial charge in [-0.2, -0.15) is 0 Å². The molecule has 1 aliphatic carbocycles. The maximum Gasteiger partial charge on any atom is 0.143 e. The topological polar surface area (TPSA) is 90.9 Å². The summed E-state index contributed by atoms with van der Waals surface area (Å²) in [4.78, 5) is 0. The van der Waals surface area contributed by atoms with E-state index in [0.29, 0.717) is 6.54 Å². The Morgan fingerprint density at radius 3 is 2.59 bits per heavy atom. The van der Waals surface area contributed by atoms with Crippen LogP contribution in [0.25, 0.3) is 0 Å². The highest BCUT2D eigenvalue weighted by Crippen LogP contribution is 2.35. The quantitative estimate of drug-likeness (QED) is 0.241. The van der Waals surface area contributed by atoms with Crippen LogP contribution in [0.2, 0.25) is 0 Å². The van der Waals surface area contributed by atoms with Gasteiger partial charge in [0.25, 0.3) is 0 Å². The minimum atomic E-state index is 0.0133. The summed E-state index contributed by atoms with van der Waals surface area (Å²) in [5.41, 5.74) is 5.56. The molecule has 1 atom stereocenters. The second-order valence-electron chi connectivity index (χ2n) is 5.28. The SMILES string of the molecule is CC(CNCC1(CO)CCCCC1)C(N)=NO. The summed E-state index contributed by atoms with van der Waals surface area (Å²) < 4.78 is 0. The number of nitrogens with zero attached hydrogens (tertiary/aromatic N) is 1. The highest BCUT2D eigenvalue weighted by molar-refractivity contribution is 5.82. The average Bonchev–Trinajstić information content (AvgIpc) is 2.38. The predicted molar refractivity (Wildman–Crippen MR) is 68.0 cm³/mol. The lowest BCUT2D eigenvalue weighted by molar-refractivity contribution is 0.0811. The van der Waals surface area contributed by atoms with Gasteiger partial charge in [0.15, 0.2) is 0 Å². The van der Waals surface area contributed by atoms with Gasteiger partial charge in [-0.1, -0.05) is 31.3 Å². The molecule has 0 spiro atoms. The Morgan fingerprint density at radius 1 is 1.41 bits per heavy atom. The molecule has 0 aliphatic heterocycles. The first kappa shape index (κ1) is 14.3. The van der Waals surface area contributed by atoms with Gasteiger partial charge in [0.1, 0.15) is 5.84 Å². The summed E-state index contributed by atoms with van der Waals surface area (Å²) in [6.07, 6.45) is 5.88. The van der Waals surface area contributed by atoms with E-state index in [1.807, 2.05) is 6.92 Å². The molecule has 17 heavy (non-hydrogen) atoms. The number of nitrogens with one attached hydrogen (secondary N) is 1. The Bertz CT molecular complexity index is 250. The van der Waals surface area contributed by atoms with E-state index in [-0.39, 0.29) is 23.8 Å². The smallest absolute Gasteiger partial charge is 0.143 e. The van der Waals surface area contributed by atoms with Crippen molar-refractivity contribution in [2.45, 2.75) is 39.0 Å². The predicted octanol–water partition coefficient (Wildman–Crippen LogP) is 0.901. The molecule has 1 unspecified atom stereocenters. The van der Waals surface area contributed by atoms with Crippen molar-refractivity contribution in [3.63, 3.8) is 0 Å². The summed E-state index contributed by atoms with van der Waals surface area (Å²) in [6, 6.07) is 0. The maximum atomic E-state index is 9.53. The van der Waals surface area contributed by atoms with Crippen molar-refractivity contribution in [3.05, 3.63) is 0 Å². The van der Waals surface area contributed by atoms with Crippen LogP contribution in [0.4, 0.5) is 0 Å². The lowest BCUT2D eigenvalue weighted by Gasteiger charge is -2.36. The van der Waals surface area contributed by atoms with Crippen molar-refractivity contribution in [2.24, 2.45) is 22.2 Å². The van der Waals surface area contributed by atoms with E-state index in [1.54, 1.807) is 0 Å². The number of aliphatic hydroxyl groups is 1. The molecule has 5 N–H and O–H groups in total. The van der Waals surface area contributed by atoms with Crippen molar-refractivity contribution >= 4 is 5.84 Å². The fourth-order valence-corrected chi connectivity index (χ4v) is 2.45. The zero-order valence-corrected chi connectivity index (χ0v) is 10.7. The monoisotopic (exact) mass is 243 g/mol. The maximum absolute atomic E-state index is 9.53. The molecule has 5 heteroatoms. The number of oxime groups is 1. The summed E-state index contributed by atoms with van der Waals surface area (Å²) in [5, 5.41) is 24.4. The van der Waals surface area contributed by atoms with Gasteiger partial charge in [0.2, 0.25) is 0 Å². The molecular formula is C12H25N3O2. The van der Waals surface area contributed by atoms with Crippen LogP contribution in [0.1, 0.15) is 39.0 Å². The van der Waals surface area contributed by atoms with Gasteiger partial charge in [-0.05, 0) is 12.8 Å². The molecule has 0 saturated heterocycles. The van der Waals surface area contributed by atoms with Crippen molar-refractivity contribution in [1.82, 2.24) is 5.32 Å². The molecule has 100 valence electrons. The lowest BCUT2D eigenvalue weighted by Crippen LogP contribution is -2.42. The van der Waals surface area contributed by atoms with Crippen LogP contribution < -0.4 is 11.1 Å². The van der Waals surface area contributed by atoms with E-state index < -0.39 is 0 Å². The molecule has 0 aromatic carbocycles. The van der Waals surface area contributed by atoms with E-state index in [0.717, 1.165) is 19.4 Å². The number of nitrogens with two attached hydrogens (primary N) is 1. The summed E-state index contributed by atoms with van der Waals surface area (Å²) in [5.74, 6) is 0.263. The molecule has 0 aromatic rings. The Morgan fingerprint density at radius 2 is 2.06 bits per heavy atom. The second kappa shape index (κ2) is 6.81. The Labute approximate surface area is 103 Å². The first-order valence-corrected chi connectivity index (χ1v) is 6.42. The zero-order valence-electron chi connectivity index (χ0n) is 10.7. The van der Waals surface area contributed by atoms with Crippen molar-refractivity contribution in [1.29, 1.82) is 0 Å². The van der Waals surface area contributed by atoms with Crippen LogP contribution in [-0.4, -0.2) is 35.8 Å². The molecule has 5 nitrogen and oxygen atoms in total. The molecular weight excluding hydrogens is 218 g/mol. The molecule has 0 amide bonds. The molecule has 1 aliphatic rings. The van der Waals surface area contributed by atoms with Crippen LogP contribution in [0, 0.1) is 11.3 Å². The lowest BCUT2D eigenvalue weighted by atomic mass is 9.74. The second-order valence-corrected chi connectivity index (χ2v) is 5.28. The number of hydrogen-bond donors (Lipinski definition) is 4. The fraction of sp³-hybridized carbons (Fsp3) is 0.917. The number of aliphatic hydroxyl groups excluding tert-OH is 1. The summed E-state index contributed by atoms with van der Waals surface area (Å²) in [7, 11) is 0. The molecule has 1 rings (SSSR count). The Kier molecular flexibility index (Phi) is 5.71. The van der Waals surface area contributed by atoms with Gasteiger partial charge in [-0.3, -0.25) is 0 Å². The van der Waals surface area contributed by atoms with Crippen LogP contribution in [0.15, 0.2) is 5.16 Å². The summed E-state index contributed by atoms with van der Waals surface area (Å²) in [6.45, 7) is 3.65. The largest absolute Gasteiger partial charge is 0.409 e. The van der Waals surface area contributed by atoms with Crippen LogP contribution in [0.3, 0.4) is 0 Å². The van der Waals surface area contributed by atoms with E-state index in [2.05, 4.69) is 10.5 Å². The molecule has 0 radical (unpaired) electrons. The van der Waals surface area contributed by atoms with Crippen LogP contribution in [0.5, 0.6) is 0 Å². The number of amidine groups is 1. The third kappa shape index (κ3) is 4.16. The minimum absolute atomic E-state index is 0.0133. The van der Waals surface area contributed by atoms with Gasteiger partial charge >= 0.3 is 0 Å². The average molecular weight is 243 g/mol. The fourth-order valence-electron chi connectivity index (χ4n) is 2.45.